The van der Waals surface area contributed by atoms with Crippen LogP contribution in [0.2, 0.25) is 0 Å². The van der Waals surface area contributed by atoms with Crippen molar-refractivity contribution in [2.75, 3.05) is 11.1 Å². The maximum Gasteiger partial charge on any atom is 0.417 e. The Labute approximate surface area is 136 Å². The molecule has 0 radical (unpaired) electrons. The number of rotatable bonds is 4. The Kier molecular flexibility index (Phi) is 5.37. The molecule has 2 aromatic rings. The Morgan fingerprint density at radius 2 is 1.79 bits per heavy atom. The van der Waals surface area contributed by atoms with E-state index in [1.165, 1.54) is 0 Å². The summed E-state index contributed by atoms with van der Waals surface area (Å²) >= 11 is 0.800. The van der Waals surface area contributed by atoms with E-state index in [9.17, 15) is 31.1 Å². The first-order valence-electron chi connectivity index (χ1n) is 6.28. The topological polar surface area (TPSA) is 42.0 Å². The predicted molar refractivity (Wildman–Crippen MR) is 74.9 cm³/mol. The van der Waals surface area contributed by atoms with Gasteiger partial charge in [-0.15, -0.1) is 0 Å². The number of nitrogens with one attached hydrogen (secondary N) is 1. The molecule has 2 rings (SSSR count). The normalized spacial score (nSPS) is 11.4. The standard InChI is InChI=1S/C14H8F6N2OS/c15-8-2-3-9(13(17)12(8)16)22-10(23)6-24-11-4-1-7(5-21-11)14(18,19)20/h1-5H,6H2,(H,22,23). The van der Waals surface area contributed by atoms with E-state index in [1.807, 2.05) is 5.32 Å². The van der Waals surface area contributed by atoms with Crippen molar-refractivity contribution in [3.8, 4) is 0 Å². The first kappa shape index (κ1) is 18.1. The molecule has 0 aliphatic heterocycles. The second kappa shape index (κ2) is 7.12. The molecule has 0 fully saturated rings. The molecule has 24 heavy (non-hydrogen) atoms. The lowest BCUT2D eigenvalue weighted by Gasteiger charge is -2.08. The first-order valence-corrected chi connectivity index (χ1v) is 7.26. The SMILES string of the molecule is O=C(CSc1ccc(C(F)(F)F)cn1)Nc1ccc(F)c(F)c1F. The number of pyridine rings is 1. The van der Waals surface area contributed by atoms with Gasteiger partial charge in [0.25, 0.3) is 0 Å². The van der Waals surface area contributed by atoms with E-state index < -0.39 is 40.8 Å². The van der Waals surface area contributed by atoms with Crippen LogP contribution in [0.1, 0.15) is 5.56 Å². The lowest BCUT2D eigenvalue weighted by Crippen LogP contribution is -2.16. The van der Waals surface area contributed by atoms with Crippen molar-refractivity contribution < 1.29 is 31.1 Å². The van der Waals surface area contributed by atoms with E-state index in [1.54, 1.807) is 0 Å². The molecule has 0 aliphatic rings. The predicted octanol–water partition coefficient (Wildman–Crippen LogP) is 4.25. The molecular weight excluding hydrogens is 358 g/mol. The molecule has 0 spiro atoms. The molecule has 10 heteroatoms. The number of thioether (sulfide) groups is 1. The molecule has 0 atom stereocenters. The van der Waals surface area contributed by atoms with Crippen molar-refractivity contribution in [1.82, 2.24) is 4.98 Å². The number of amides is 1. The number of carbonyl (C=O) groups excluding carboxylic acids is 1. The Hall–Kier alpha value is -2.23. The minimum atomic E-state index is -4.52. The van der Waals surface area contributed by atoms with Gasteiger partial charge in [0.15, 0.2) is 17.5 Å². The number of nitrogens with zero attached hydrogens (tertiary/aromatic N) is 1. The van der Waals surface area contributed by atoms with E-state index in [4.69, 9.17) is 0 Å². The van der Waals surface area contributed by atoms with Crippen LogP contribution in [0.3, 0.4) is 0 Å². The summed E-state index contributed by atoms with van der Waals surface area (Å²) in [5, 5.41) is 2.18. The minimum Gasteiger partial charge on any atom is -0.323 e. The van der Waals surface area contributed by atoms with E-state index in [0.717, 1.165) is 30.0 Å². The molecule has 1 heterocycles. The molecule has 3 nitrogen and oxygen atoms in total. The maximum atomic E-state index is 13.4. The van der Waals surface area contributed by atoms with Crippen LogP contribution in [-0.2, 0) is 11.0 Å². The van der Waals surface area contributed by atoms with Gasteiger partial charge in [0.2, 0.25) is 5.91 Å². The van der Waals surface area contributed by atoms with Gasteiger partial charge in [0, 0.05) is 6.20 Å². The van der Waals surface area contributed by atoms with Crippen LogP contribution >= 0.6 is 11.8 Å². The Bertz CT molecular complexity index is 748. The number of hydrogen-bond donors (Lipinski definition) is 1. The van der Waals surface area contributed by atoms with E-state index in [0.29, 0.717) is 12.3 Å². The van der Waals surface area contributed by atoms with Crippen molar-refractivity contribution in [3.05, 3.63) is 53.5 Å². The van der Waals surface area contributed by atoms with Crippen LogP contribution < -0.4 is 5.32 Å². The molecule has 1 aromatic carbocycles. The van der Waals surface area contributed by atoms with Crippen molar-refractivity contribution in [3.63, 3.8) is 0 Å². The largest absolute Gasteiger partial charge is 0.417 e. The van der Waals surface area contributed by atoms with Crippen molar-refractivity contribution in [1.29, 1.82) is 0 Å². The highest BCUT2D eigenvalue weighted by Crippen LogP contribution is 2.29. The summed E-state index contributed by atoms with van der Waals surface area (Å²) in [6.07, 6.45) is -3.90. The summed E-state index contributed by atoms with van der Waals surface area (Å²) in [5.41, 5.74) is -1.47. The van der Waals surface area contributed by atoms with Crippen LogP contribution in [-0.4, -0.2) is 16.6 Å². The van der Waals surface area contributed by atoms with Gasteiger partial charge < -0.3 is 5.32 Å². The third-order valence-corrected chi connectivity index (χ3v) is 3.67. The van der Waals surface area contributed by atoms with Crippen LogP contribution in [0.4, 0.5) is 32.0 Å². The fraction of sp³-hybridized carbons (Fsp3) is 0.143. The van der Waals surface area contributed by atoms with Crippen LogP contribution in [0, 0.1) is 17.5 Å². The van der Waals surface area contributed by atoms with Gasteiger partial charge in [0.05, 0.1) is 22.0 Å². The minimum absolute atomic E-state index is 0.143. The van der Waals surface area contributed by atoms with Crippen molar-refractivity contribution >= 4 is 23.4 Å². The number of alkyl halides is 3. The highest BCUT2D eigenvalue weighted by molar-refractivity contribution is 7.99. The molecule has 0 saturated heterocycles. The van der Waals surface area contributed by atoms with E-state index >= 15 is 0 Å². The van der Waals surface area contributed by atoms with Gasteiger partial charge in [-0.3, -0.25) is 4.79 Å². The number of carbonyl (C=O) groups is 1. The molecule has 1 N–H and O–H groups in total. The average molecular weight is 366 g/mol. The lowest BCUT2D eigenvalue weighted by atomic mass is 10.3. The van der Waals surface area contributed by atoms with Crippen LogP contribution in [0.15, 0.2) is 35.5 Å². The molecule has 0 bridgehead atoms. The first-order chi connectivity index (χ1) is 11.2. The number of halogens is 6. The quantitative estimate of drug-likeness (QED) is 0.500. The maximum absolute atomic E-state index is 13.4. The Balaban J connectivity index is 1.95. The second-order valence-corrected chi connectivity index (χ2v) is 5.44. The van der Waals surface area contributed by atoms with Crippen LogP contribution in [0.25, 0.3) is 0 Å². The summed E-state index contributed by atoms with van der Waals surface area (Å²) in [5.74, 6) is -5.72. The smallest absolute Gasteiger partial charge is 0.323 e. The second-order valence-electron chi connectivity index (χ2n) is 4.44. The van der Waals surface area contributed by atoms with Gasteiger partial charge >= 0.3 is 6.18 Å². The summed E-state index contributed by atoms with van der Waals surface area (Å²) in [6, 6.07) is 3.40. The molecule has 128 valence electrons. The Morgan fingerprint density at radius 3 is 2.38 bits per heavy atom. The number of benzene rings is 1. The summed E-state index contributed by atoms with van der Waals surface area (Å²) in [6.45, 7) is 0. The molecule has 0 aliphatic carbocycles. The van der Waals surface area contributed by atoms with Crippen molar-refractivity contribution in [2.45, 2.75) is 11.2 Å². The molecule has 0 unspecified atom stereocenters. The van der Waals surface area contributed by atoms with Gasteiger partial charge in [-0.25, -0.2) is 18.2 Å². The molecule has 1 amide bonds. The summed E-state index contributed by atoms with van der Waals surface area (Å²) < 4.78 is 76.3. The lowest BCUT2D eigenvalue weighted by molar-refractivity contribution is -0.137. The zero-order chi connectivity index (χ0) is 17.9. The third-order valence-electron chi connectivity index (χ3n) is 2.72. The van der Waals surface area contributed by atoms with Crippen molar-refractivity contribution in [2.24, 2.45) is 0 Å². The summed E-state index contributed by atoms with van der Waals surface area (Å²) in [7, 11) is 0. The van der Waals surface area contributed by atoms with Gasteiger partial charge in [0.1, 0.15) is 0 Å². The fourth-order valence-electron chi connectivity index (χ4n) is 1.58. The monoisotopic (exact) mass is 366 g/mol. The zero-order valence-corrected chi connectivity index (χ0v) is 12.4. The fourth-order valence-corrected chi connectivity index (χ4v) is 2.22. The Morgan fingerprint density at radius 1 is 1.08 bits per heavy atom. The highest BCUT2D eigenvalue weighted by atomic mass is 32.2. The van der Waals surface area contributed by atoms with Gasteiger partial charge in [-0.05, 0) is 24.3 Å². The molecular formula is C14H8F6N2OS. The third kappa shape index (κ3) is 4.40. The van der Waals surface area contributed by atoms with Gasteiger partial charge in [-0.2, -0.15) is 13.2 Å². The molecule has 0 saturated carbocycles. The number of anilines is 1. The number of hydrogen-bond acceptors (Lipinski definition) is 3. The molecule has 1 aromatic heterocycles. The van der Waals surface area contributed by atoms with Crippen LogP contribution in [0.5, 0.6) is 0 Å². The zero-order valence-electron chi connectivity index (χ0n) is 11.6. The highest BCUT2D eigenvalue weighted by Gasteiger charge is 2.30. The number of aromatic nitrogens is 1. The van der Waals surface area contributed by atoms with Gasteiger partial charge in [-0.1, -0.05) is 11.8 Å². The van der Waals surface area contributed by atoms with E-state index in [-0.39, 0.29) is 10.8 Å². The average Bonchev–Trinajstić information content (AvgIpc) is 2.53. The summed E-state index contributed by atoms with van der Waals surface area (Å²) in [4.78, 5) is 15.2. The van der Waals surface area contributed by atoms with E-state index in [2.05, 4.69) is 4.98 Å².